The predicted octanol–water partition coefficient (Wildman–Crippen LogP) is -0.514. The smallest absolute Gasteiger partial charge is 0.223 e. The molecule has 2 fully saturated rings. The van der Waals surface area contributed by atoms with Gasteiger partial charge in [0.25, 0.3) is 0 Å². The summed E-state index contributed by atoms with van der Waals surface area (Å²) in [7, 11) is 0. The number of nitrogens with two attached hydrogens (primary N) is 1. The molecular weight excluding hydrogens is 164 g/mol. The van der Waals surface area contributed by atoms with E-state index in [0.29, 0.717) is 17.2 Å². The fourth-order valence-corrected chi connectivity index (χ4v) is 2.98. The van der Waals surface area contributed by atoms with Crippen molar-refractivity contribution in [2.45, 2.75) is 26.2 Å². The molecule has 3 N–H and O–H groups in total. The van der Waals surface area contributed by atoms with E-state index in [9.17, 15) is 4.79 Å². The van der Waals surface area contributed by atoms with Crippen LogP contribution in [0.2, 0.25) is 0 Å². The van der Waals surface area contributed by atoms with Crippen LogP contribution in [0.1, 0.15) is 26.2 Å². The number of rotatable bonds is 1. The molecule has 2 rings (SSSR count). The zero-order chi connectivity index (χ0) is 9.31. The number of amides is 1. The highest BCUT2D eigenvalue weighted by Crippen LogP contribution is 2.40. The summed E-state index contributed by atoms with van der Waals surface area (Å²) in [5.41, 5.74) is 0.320. The number of carbonyl (C=O) groups is 1. The third-order valence-corrected chi connectivity index (χ3v) is 3.77. The molecule has 13 heavy (non-hydrogen) atoms. The van der Waals surface area contributed by atoms with E-state index in [4.69, 9.17) is 0 Å². The van der Waals surface area contributed by atoms with E-state index in [0.717, 1.165) is 13.0 Å². The summed E-state index contributed by atoms with van der Waals surface area (Å²) in [5.74, 6) is 0.589. The molecule has 0 saturated carbocycles. The lowest BCUT2D eigenvalue weighted by atomic mass is 9.70. The Balaban J connectivity index is 2.15. The number of quaternary nitrogens is 1. The van der Waals surface area contributed by atoms with E-state index >= 15 is 0 Å². The number of hydrogen-bond donors (Lipinski definition) is 2. The van der Waals surface area contributed by atoms with E-state index in [1.165, 1.54) is 25.9 Å². The first kappa shape index (κ1) is 9.00. The largest absolute Gasteiger partial charge is 0.355 e. The molecule has 0 aromatic carbocycles. The molecule has 2 aliphatic rings. The maximum Gasteiger partial charge on any atom is 0.223 e. The molecule has 1 spiro atoms. The number of nitrogens with one attached hydrogen (secondary N) is 1. The molecule has 2 saturated heterocycles. The average molecular weight is 183 g/mol. The first-order valence-electron chi connectivity index (χ1n) is 5.38. The van der Waals surface area contributed by atoms with Gasteiger partial charge in [-0.3, -0.25) is 4.79 Å². The second-order valence-electron chi connectivity index (χ2n) is 4.41. The quantitative estimate of drug-likeness (QED) is 0.565. The Morgan fingerprint density at radius 3 is 2.85 bits per heavy atom. The monoisotopic (exact) mass is 183 g/mol. The SMILES string of the molecule is CCC1C(=O)NCC12CC[NH2+]CC2. The van der Waals surface area contributed by atoms with Gasteiger partial charge < -0.3 is 10.6 Å². The molecule has 0 aliphatic carbocycles. The van der Waals surface area contributed by atoms with Crippen LogP contribution in [0.15, 0.2) is 0 Å². The van der Waals surface area contributed by atoms with E-state index < -0.39 is 0 Å². The van der Waals surface area contributed by atoms with Crippen LogP contribution in [0.5, 0.6) is 0 Å². The summed E-state index contributed by atoms with van der Waals surface area (Å²) in [4.78, 5) is 11.6. The summed E-state index contributed by atoms with van der Waals surface area (Å²) in [5, 5.41) is 5.39. The van der Waals surface area contributed by atoms with Gasteiger partial charge in [0, 0.05) is 30.7 Å². The van der Waals surface area contributed by atoms with Gasteiger partial charge in [0.05, 0.1) is 13.1 Å². The third kappa shape index (κ3) is 1.35. The van der Waals surface area contributed by atoms with Crippen molar-refractivity contribution < 1.29 is 10.1 Å². The predicted molar refractivity (Wildman–Crippen MR) is 50.1 cm³/mol. The van der Waals surface area contributed by atoms with Crippen molar-refractivity contribution >= 4 is 5.91 Å². The van der Waals surface area contributed by atoms with E-state index in [1.54, 1.807) is 0 Å². The molecule has 0 aromatic rings. The third-order valence-electron chi connectivity index (χ3n) is 3.77. The number of piperidine rings is 1. The van der Waals surface area contributed by atoms with Gasteiger partial charge in [-0.25, -0.2) is 0 Å². The van der Waals surface area contributed by atoms with Crippen molar-refractivity contribution in [2.24, 2.45) is 11.3 Å². The molecule has 0 aromatic heterocycles. The second-order valence-corrected chi connectivity index (χ2v) is 4.41. The molecule has 0 radical (unpaired) electrons. The van der Waals surface area contributed by atoms with Gasteiger partial charge in [0.2, 0.25) is 5.91 Å². The van der Waals surface area contributed by atoms with Crippen LogP contribution in [-0.4, -0.2) is 25.5 Å². The van der Waals surface area contributed by atoms with Gasteiger partial charge >= 0.3 is 0 Å². The van der Waals surface area contributed by atoms with Gasteiger partial charge in [-0.15, -0.1) is 0 Å². The molecular formula is C10H19N2O+. The minimum atomic E-state index is 0.293. The van der Waals surface area contributed by atoms with Crippen LogP contribution < -0.4 is 10.6 Å². The second kappa shape index (κ2) is 3.29. The Morgan fingerprint density at radius 1 is 1.54 bits per heavy atom. The number of carbonyl (C=O) groups excluding carboxylic acids is 1. The highest BCUT2D eigenvalue weighted by molar-refractivity contribution is 5.82. The molecule has 2 aliphatic heterocycles. The van der Waals surface area contributed by atoms with Gasteiger partial charge in [0.15, 0.2) is 0 Å². The molecule has 1 amide bonds. The molecule has 3 heteroatoms. The molecule has 1 unspecified atom stereocenters. The first-order valence-corrected chi connectivity index (χ1v) is 5.38. The zero-order valence-corrected chi connectivity index (χ0v) is 8.31. The van der Waals surface area contributed by atoms with Crippen LogP contribution in [-0.2, 0) is 4.79 Å². The fraction of sp³-hybridized carbons (Fsp3) is 0.900. The minimum Gasteiger partial charge on any atom is -0.355 e. The van der Waals surface area contributed by atoms with Gasteiger partial charge in [0.1, 0.15) is 0 Å². The van der Waals surface area contributed by atoms with Crippen LogP contribution in [0.3, 0.4) is 0 Å². The van der Waals surface area contributed by atoms with Crippen molar-refractivity contribution in [3.63, 3.8) is 0 Å². The summed E-state index contributed by atoms with van der Waals surface area (Å²) < 4.78 is 0. The van der Waals surface area contributed by atoms with Gasteiger partial charge in [-0.1, -0.05) is 6.92 Å². The lowest BCUT2D eigenvalue weighted by molar-refractivity contribution is -0.668. The fourth-order valence-electron chi connectivity index (χ4n) is 2.98. The van der Waals surface area contributed by atoms with E-state index in [2.05, 4.69) is 17.6 Å². The maximum absolute atomic E-state index is 11.6. The van der Waals surface area contributed by atoms with Crippen molar-refractivity contribution in [2.75, 3.05) is 19.6 Å². The topological polar surface area (TPSA) is 45.7 Å². The normalized spacial score (nSPS) is 32.1. The summed E-state index contributed by atoms with van der Waals surface area (Å²) in [6.07, 6.45) is 3.43. The lowest BCUT2D eigenvalue weighted by Gasteiger charge is -2.34. The van der Waals surface area contributed by atoms with Crippen LogP contribution in [0, 0.1) is 11.3 Å². The Labute approximate surface area is 79.3 Å². The van der Waals surface area contributed by atoms with E-state index in [-0.39, 0.29) is 0 Å². The highest BCUT2D eigenvalue weighted by atomic mass is 16.2. The standard InChI is InChI=1S/C10H18N2O/c1-2-8-9(13)12-7-10(8)3-5-11-6-4-10/h8,11H,2-7H2,1H3,(H,12,13)/p+1. The van der Waals surface area contributed by atoms with Gasteiger partial charge in [-0.05, 0) is 6.42 Å². The Morgan fingerprint density at radius 2 is 2.23 bits per heavy atom. The summed E-state index contributed by atoms with van der Waals surface area (Å²) >= 11 is 0. The molecule has 3 nitrogen and oxygen atoms in total. The lowest BCUT2D eigenvalue weighted by Crippen LogP contribution is -2.87. The van der Waals surface area contributed by atoms with Crippen LogP contribution in [0.4, 0.5) is 0 Å². The summed E-state index contributed by atoms with van der Waals surface area (Å²) in [6.45, 7) is 5.46. The first-order chi connectivity index (χ1) is 6.28. The molecule has 0 bridgehead atoms. The summed E-state index contributed by atoms with van der Waals surface area (Å²) in [6, 6.07) is 0. The van der Waals surface area contributed by atoms with Crippen molar-refractivity contribution in [3.8, 4) is 0 Å². The molecule has 1 atom stereocenters. The van der Waals surface area contributed by atoms with E-state index in [1.807, 2.05) is 0 Å². The van der Waals surface area contributed by atoms with Crippen molar-refractivity contribution in [3.05, 3.63) is 0 Å². The Bertz CT molecular complexity index is 209. The molecule has 74 valence electrons. The zero-order valence-electron chi connectivity index (χ0n) is 8.31. The minimum absolute atomic E-state index is 0.293. The van der Waals surface area contributed by atoms with Crippen LogP contribution >= 0.6 is 0 Å². The maximum atomic E-state index is 11.6. The van der Waals surface area contributed by atoms with Gasteiger partial charge in [-0.2, -0.15) is 0 Å². The average Bonchev–Trinajstić information content (AvgIpc) is 2.45. The van der Waals surface area contributed by atoms with Crippen LogP contribution in [0.25, 0.3) is 0 Å². The Hall–Kier alpha value is -0.570. The van der Waals surface area contributed by atoms with Crippen molar-refractivity contribution in [1.29, 1.82) is 0 Å². The van der Waals surface area contributed by atoms with Crippen molar-refractivity contribution in [1.82, 2.24) is 5.32 Å². The molecule has 2 heterocycles. The highest BCUT2D eigenvalue weighted by Gasteiger charge is 2.48. The number of hydrogen-bond acceptors (Lipinski definition) is 1. The Kier molecular flexibility index (Phi) is 2.28.